The van der Waals surface area contributed by atoms with Gasteiger partial charge in [-0.3, -0.25) is 14.4 Å². The fraction of sp³-hybridized carbons (Fsp3) is 0.438. The number of nitrogens with one attached hydrogen (secondary N) is 3. The summed E-state index contributed by atoms with van der Waals surface area (Å²) in [5, 5.41) is 5.57. The van der Waals surface area contributed by atoms with Gasteiger partial charge < -0.3 is 21.3 Å². The van der Waals surface area contributed by atoms with Crippen molar-refractivity contribution in [3.8, 4) is 0 Å². The number of anilines is 1. The van der Waals surface area contributed by atoms with Gasteiger partial charge in [-0.2, -0.15) is 0 Å². The molecule has 3 amide bonds. The van der Waals surface area contributed by atoms with Crippen molar-refractivity contribution in [2.45, 2.75) is 26.3 Å². The average Bonchev–Trinajstić information content (AvgIpc) is 2.36. The molecular weight excluding hydrogens is 296 g/mol. The minimum atomic E-state index is -0.517. The molecule has 1 aromatic rings. The molecule has 1 unspecified atom stereocenters. The molecule has 126 valence electrons. The monoisotopic (exact) mass is 321 g/mol. The number of primary amides is 1. The lowest BCUT2D eigenvalue weighted by atomic mass is 10.1. The van der Waals surface area contributed by atoms with E-state index in [1.54, 1.807) is 31.3 Å². The first kappa shape index (κ1) is 18.6. The Morgan fingerprint density at radius 1 is 1.04 bits per heavy atom. The number of benzene rings is 1. The molecule has 1 atom stereocenters. The maximum atomic E-state index is 12.0. The number of carbonyl (C=O) groups excluding carboxylic acids is 3. The van der Waals surface area contributed by atoms with E-state index in [-0.39, 0.29) is 30.4 Å². The van der Waals surface area contributed by atoms with E-state index in [2.05, 4.69) is 10.6 Å². The molecule has 0 aliphatic carbocycles. The molecule has 7 heteroatoms. The van der Waals surface area contributed by atoms with Crippen LogP contribution in [0.15, 0.2) is 24.3 Å². The Morgan fingerprint density at radius 2 is 1.57 bits per heavy atom. The summed E-state index contributed by atoms with van der Waals surface area (Å²) in [6.45, 7) is 6.09. The summed E-state index contributed by atoms with van der Waals surface area (Å²) in [5.74, 6) is -0.830. The number of hydrogen-bond donors (Lipinski definition) is 4. The second kappa shape index (κ2) is 7.73. The van der Waals surface area contributed by atoms with Gasteiger partial charge in [0.05, 0.1) is 7.05 Å². The van der Waals surface area contributed by atoms with E-state index in [0.29, 0.717) is 11.3 Å². The van der Waals surface area contributed by atoms with Crippen LogP contribution in [0.5, 0.6) is 0 Å². The molecule has 0 saturated carbocycles. The van der Waals surface area contributed by atoms with Crippen molar-refractivity contribution in [3.05, 3.63) is 29.8 Å². The van der Waals surface area contributed by atoms with Gasteiger partial charge >= 0.3 is 0 Å². The first-order valence-electron chi connectivity index (χ1n) is 7.39. The predicted octanol–water partition coefficient (Wildman–Crippen LogP) is -0.847. The zero-order valence-corrected chi connectivity index (χ0v) is 14.0. The third-order valence-electron chi connectivity index (χ3n) is 2.89. The summed E-state index contributed by atoms with van der Waals surface area (Å²) in [5.41, 5.74) is 5.82. The fourth-order valence-electron chi connectivity index (χ4n) is 2.00. The maximum Gasteiger partial charge on any atom is 0.279 e. The third-order valence-corrected chi connectivity index (χ3v) is 2.89. The van der Waals surface area contributed by atoms with E-state index in [0.717, 1.165) is 4.90 Å². The molecule has 0 bridgehead atoms. The van der Waals surface area contributed by atoms with E-state index >= 15 is 0 Å². The lowest BCUT2D eigenvalue weighted by Crippen LogP contribution is -3.11. The van der Waals surface area contributed by atoms with Crippen LogP contribution in [0.25, 0.3) is 0 Å². The van der Waals surface area contributed by atoms with Gasteiger partial charge in [0.25, 0.3) is 11.8 Å². The number of amides is 3. The highest BCUT2D eigenvalue weighted by atomic mass is 16.2. The quantitative estimate of drug-likeness (QED) is 0.548. The zero-order valence-electron chi connectivity index (χ0n) is 14.0. The SMILES string of the molecule is C[NH+](CC(=O)Nc1ccc(C(N)=O)cc1)CC(=O)NC(C)(C)C. The van der Waals surface area contributed by atoms with Crippen LogP contribution in [0.1, 0.15) is 31.1 Å². The van der Waals surface area contributed by atoms with Crippen molar-refractivity contribution in [1.29, 1.82) is 0 Å². The molecule has 0 aliphatic rings. The largest absolute Gasteiger partial charge is 0.366 e. The van der Waals surface area contributed by atoms with Crippen LogP contribution < -0.4 is 21.3 Å². The van der Waals surface area contributed by atoms with Crippen LogP contribution in [-0.4, -0.2) is 43.4 Å². The molecule has 5 N–H and O–H groups in total. The van der Waals surface area contributed by atoms with E-state index in [4.69, 9.17) is 5.73 Å². The third kappa shape index (κ3) is 7.42. The number of quaternary nitrogens is 1. The van der Waals surface area contributed by atoms with Crippen LogP contribution >= 0.6 is 0 Å². The van der Waals surface area contributed by atoms with Crippen molar-refractivity contribution >= 4 is 23.4 Å². The van der Waals surface area contributed by atoms with Crippen LogP contribution in [-0.2, 0) is 9.59 Å². The van der Waals surface area contributed by atoms with Crippen LogP contribution in [0.2, 0.25) is 0 Å². The van der Waals surface area contributed by atoms with E-state index < -0.39 is 5.91 Å². The number of likely N-dealkylation sites (N-methyl/N-ethyl adjacent to an activating group) is 1. The van der Waals surface area contributed by atoms with E-state index in [1.807, 2.05) is 20.8 Å². The summed E-state index contributed by atoms with van der Waals surface area (Å²) in [7, 11) is 1.78. The summed E-state index contributed by atoms with van der Waals surface area (Å²) >= 11 is 0. The van der Waals surface area contributed by atoms with Crippen LogP contribution in [0.3, 0.4) is 0 Å². The molecular formula is C16H25N4O3+. The van der Waals surface area contributed by atoms with Crippen molar-refractivity contribution in [2.75, 3.05) is 25.5 Å². The Morgan fingerprint density at radius 3 is 2.04 bits per heavy atom. The van der Waals surface area contributed by atoms with Gasteiger partial charge in [-0.05, 0) is 45.0 Å². The Labute approximate surface area is 136 Å². The fourth-order valence-corrected chi connectivity index (χ4v) is 2.00. The first-order chi connectivity index (χ1) is 10.6. The minimum Gasteiger partial charge on any atom is -0.366 e. The van der Waals surface area contributed by atoms with Gasteiger partial charge in [0, 0.05) is 16.8 Å². The highest BCUT2D eigenvalue weighted by molar-refractivity contribution is 5.95. The maximum absolute atomic E-state index is 12.0. The van der Waals surface area contributed by atoms with Gasteiger partial charge in [0.2, 0.25) is 5.91 Å². The molecule has 0 fully saturated rings. The van der Waals surface area contributed by atoms with Gasteiger partial charge in [-0.25, -0.2) is 0 Å². The van der Waals surface area contributed by atoms with Gasteiger partial charge in [0.1, 0.15) is 0 Å². The highest BCUT2D eigenvalue weighted by Gasteiger charge is 2.18. The highest BCUT2D eigenvalue weighted by Crippen LogP contribution is 2.08. The van der Waals surface area contributed by atoms with E-state index in [1.165, 1.54) is 0 Å². The zero-order chi connectivity index (χ0) is 17.6. The van der Waals surface area contributed by atoms with Crippen LogP contribution in [0.4, 0.5) is 5.69 Å². The first-order valence-corrected chi connectivity index (χ1v) is 7.39. The van der Waals surface area contributed by atoms with Gasteiger partial charge in [-0.1, -0.05) is 0 Å². The summed E-state index contributed by atoms with van der Waals surface area (Å²) < 4.78 is 0. The lowest BCUT2D eigenvalue weighted by Gasteiger charge is -2.21. The van der Waals surface area contributed by atoms with E-state index in [9.17, 15) is 14.4 Å². The molecule has 7 nitrogen and oxygen atoms in total. The number of carbonyl (C=O) groups is 3. The topological polar surface area (TPSA) is 106 Å². The second-order valence-electron chi connectivity index (χ2n) is 6.60. The predicted molar refractivity (Wildman–Crippen MR) is 88.1 cm³/mol. The van der Waals surface area contributed by atoms with Crippen molar-refractivity contribution < 1.29 is 19.3 Å². The summed E-state index contributed by atoms with van der Waals surface area (Å²) in [6, 6.07) is 6.32. The number of nitrogens with two attached hydrogens (primary N) is 1. The molecule has 0 aliphatic heterocycles. The van der Waals surface area contributed by atoms with Gasteiger partial charge in [-0.15, -0.1) is 0 Å². The lowest BCUT2D eigenvalue weighted by molar-refractivity contribution is -0.862. The molecule has 0 aromatic heterocycles. The average molecular weight is 321 g/mol. The number of rotatable bonds is 6. The molecule has 1 aromatic carbocycles. The van der Waals surface area contributed by atoms with Gasteiger partial charge in [0.15, 0.2) is 13.1 Å². The Kier molecular flexibility index (Phi) is 6.27. The van der Waals surface area contributed by atoms with Crippen molar-refractivity contribution in [1.82, 2.24) is 5.32 Å². The Hall–Kier alpha value is -2.41. The molecule has 23 heavy (non-hydrogen) atoms. The normalized spacial score (nSPS) is 12.3. The Bertz CT molecular complexity index is 576. The number of hydrogen-bond acceptors (Lipinski definition) is 3. The van der Waals surface area contributed by atoms with Crippen molar-refractivity contribution in [2.24, 2.45) is 5.73 Å². The Balaban J connectivity index is 2.46. The second-order valence-corrected chi connectivity index (χ2v) is 6.60. The molecule has 0 heterocycles. The minimum absolute atomic E-state index is 0.103. The molecule has 0 saturated heterocycles. The van der Waals surface area contributed by atoms with Crippen molar-refractivity contribution in [3.63, 3.8) is 0 Å². The summed E-state index contributed by atoms with van der Waals surface area (Å²) in [4.78, 5) is 35.5. The summed E-state index contributed by atoms with van der Waals surface area (Å²) in [6.07, 6.45) is 0. The molecule has 0 radical (unpaired) electrons. The standard InChI is InChI=1S/C16H24N4O3/c1-16(2,3)19-14(22)10-20(4)9-13(21)18-12-7-5-11(6-8-12)15(17)23/h5-8H,9-10H2,1-4H3,(H2,17,23)(H,18,21)(H,19,22)/p+1. The van der Waals surface area contributed by atoms with Crippen LogP contribution in [0, 0.1) is 0 Å². The molecule has 1 rings (SSSR count). The smallest absolute Gasteiger partial charge is 0.279 e. The molecule has 0 spiro atoms.